The number of epoxide rings is 2. The van der Waals surface area contributed by atoms with Gasteiger partial charge in [-0.1, -0.05) is 38.1 Å². The highest BCUT2D eigenvalue weighted by atomic mass is 16.6. The van der Waals surface area contributed by atoms with Crippen LogP contribution in [0.1, 0.15) is 38.8 Å². The van der Waals surface area contributed by atoms with Crippen molar-refractivity contribution >= 4 is 0 Å². The molecule has 0 radical (unpaired) electrons. The summed E-state index contributed by atoms with van der Waals surface area (Å²) in [6.07, 6.45) is 0.697. The second kappa shape index (κ2) is 12.5. The molecule has 188 valence electrons. The lowest BCUT2D eigenvalue weighted by Gasteiger charge is -2.26. The van der Waals surface area contributed by atoms with E-state index < -0.39 is 0 Å². The van der Waals surface area contributed by atoms with Crippen molar-refractivity contribution in [1.29, 1.82) is 0 Å². The van der Waals surface area contributed by atoms with Crippen LogP contribution >= 0.6 is 0 Å². The normalized spacial score (nSPS) is 20.5. The van der Waals surface area contributed by atoms with Gasteiger partial charge in [-0.05, 0) is 49.2 Å². The molecule has 2 aliphatic heterocycles. The molecule has 0 bridgehead atoms. The third-order valence-electron chi connectivity index (χ3n) is 5.80. The molecule has 2 saturated heterocycles. The summed E-state index contributed by atoms with van der Waals surface area (Å²) in [6, 6.07) is 16.8. The van der Waals surface area contributed by atoms with Gasteiger partial charge in [0.25, 0.3) is 0 Å². The largest absolute Gasteiger partial charge is 0.491 e. The van der Waals surface area contributed by atoms with Gasteiger partial charge in [-0.25, -0.2) is 0 Å². The zero-order chi connectivity index (χ0) is 24.6. The van der Waals surface area contributed by atoms with E-state index in [1.807, 2.05) is 38.1 Å². The fraction of sp³-hybridized carbons (Fsp3) is 0.556. The van der Waals surface area contributed by atoms with Gasteiger partial charge in [0, 0.05) is 18.0 Å². The summed E-state index contributed by atoms with van der Waals surface area (Å²) < 4.78 is 27.0. The van der Waals surface area contributed by atoms with Gasteiger partial charge in [0.2, 0.25) is 0 Å². The summed E-state index contributed by atoms with van der Waals surface area (Å²) in [5, 5.41) is 0. The first-order valence-corrected chi connectivity index (χ1v) is 12.0. The van der Waals surface area contributed by atoms with Gasteiger partial charge in [-0.15, -0.1) is 0 Å². The van der Waals surface area contributed by atoms with Crippen LogP contribution in [0.5, 0.6) is 11.5 Å². The van der Waals surface area contributed by atoms with Gasteiger partial charge in [-0.2, -0.15) is 0 Å². The first kappa shape index (κ1) is 26.4. The number of hydrogen-bond donors (Lipinski definition) is 2. The Morgan fingerprint density at radius 3 is 1.59 bits per heavy atom. The van der Waals surface area contributed by atoms with E-state index in [-0.39, 0.29) is 29.8 Å². The topological polar surface area (TPSA) is 105 Å². The van der Waals surface area contributed by atoms with Crippen molar-refractivity contribution in [3.8, 4) is 11.5 Å². The van der Waals surface area contributed by atoms with Crippen molar-refractivity contribution in [3.63, 3.8) is 0 Å². The van der Waals surface area contributed by atoms with Crippen LogP contribution in [-0.4, -0.2) is 63.9 Å². The molecule has 2 aromatic carbocycles. The van der Waals surface area contributed by atoms with Crippen LogP contribution in [0.15, 0.2) is 48.5 Å². The Kier molecular flexibility index (Phi) is 9.74. The molecule has 4 atom stereocenters. The van der Waals surface area contributed by atoms with Crippen LogP contribution in [0.25, 0.3) is 0 Å². The fourth-order valence-corrected chi connectivity index (χ4v) is 3.19. The van der Waals surface area contributed by atoms with Crippen LogP contribution in [0.4, 0.5) is 0 Å². The summed E-state index contributed by atoms with van der Waals surface area (Å²) in [5.41, 5.74) is 13.1. The molecule has 7 heteroatoms. The second-order valence-electron chi connectivity index (χ2n) is 9.56. The van der Waals surface area contributed by atoms with Gasteiger partial charge in [0.15, 0.2) is 0 Å². The molecule has 0 aromatic heterocycles. The summed E-state index contributed by atoms with van der Waals surface area (Å²) in [7, 11) is 0. The Bertz CT molecular complexity index is 785. The minimum atomic E-state index is -0.0870. The Morgan fingerprint density at radius 1 is 0.853 bits per heavy atom. The standard InChI is InChI=1S/C21H24O4.C6H16N2O/c1-21(2,15-3-7-17(8-4-15)22-11-19-13-24-19)16-5-9-18(10-6-16)23-12-20-14-25-20;1-5(8)4-9-6(2)3-7/h3-10,19-20H,11-14H2,1-2H3;5-6H,3-4,7-8H2,1-2H3. The van der Waals surface area contributed by atoms with E-state index in [4.69, 9.17) is 35.2 Å². The number of benzene rings is 2. The first-order chi connectivity index (χ1) is 16.3. The minimum absolute atomic E-state index is 0.0870. The summed E-state index contributed by atoms with van der Waals surface area (Å²) >= 11 is 0. The SMILES string of the molecule is CC(C)(c1ccc(OCC2CO2)cc1)c1ccc(OCC2CO2)cc1.CC(N)COC(C)CN. The molecule has 2 fully saturated rings. The van der Waals surface area contributed by atoms with Crippen molar-refractivity contribution in [3.05, 3.63) is 59.7 Å². The van der Waals surface area contributed by atoms with Crippen molar-refractivity contribution < 1.29 is 23.7 Å². The third kappa shape index (κ3) is 8.89. The zero-order valence-electron chi connectivity index (χ0n) is 20.9. The molecule has 0 saturated carbocycles. The van der Waals surface area contributed by atoms with Crippen LogP contribution in [-0.2, 0) is 19.6 Å². The van der Waals surface area contributed by atoms with Gasteiger partial charge < -0.3 is 35.2 Å². The van der Waals surface area contributed by atoms with E-state index in [2.05, 4.69) is 38.1 Å². The smallest absolute Gasteiger partial charge is 0.119 e. The molecular weight excluding hydrogens is 432 g/mol. The lowest BCUT2D eigenvalue weighted by atomic mass is 9.78. The highest BCUT2D eigenvalue weighted by molar-refractivity contribution is 5.41. The maximum Gasteiger partial charge on any atom is 0.119 e. The summed E-state index contributed by atoms with van der Waals surface area (Å²) in [4.78, 5) is 0. The molecule has 0 spiro atoms. The van der Waals surface area contributed by atoms with Crippen LogP contribution in [0, 0.1) is 0 Å². The van der Waals surface area contributed by atoms with E-state index in [0.717, 1.165) is 24.7 Å². The van der Waals surface area contributed by atoms with Crippen molar-refractivity contribution in [2.24, 2.45) is 11.5 Å². The number of rotatable bonds is 12. The van der Waals surface area contributed by atoms with E-state index >= 15 is 0 Å². The van der Waals surface area contributed by atoms with Gasteiger partial charge >= 0.3 is 0 Å². The summed E-state index contributed by atoms with van der Waals surface area (Å²) in [6.45, 7) is 12.4. The highest BCUT2D eigenvalue weighted by Gasteiger charge is 2.25. The van der Waals surface area contributed by atoms with Crippen molar-refractivity contribution in [1.82, 2.24) is 0 Å². The quantitative estimate of drug-likeness (QED) is 0.457. The van der Waals surface area contributed by atoms with Crippen LogP contribution in [0.3, 0.4) is 0 Å². The molecule has 0 aliphatic carbocycles. The average molecular weight is 473 g/mol. The third-order valence-corrected chi connectivity index (χ3v) is 5.80. The maximum atomic E-state index is 5.72. The van der Waals surface area contributed by atoms with Gasteiger partial charge in [-0.3, -0.25) is 0 Å². The van der Waals surface area contributed by atoms with E-state index in [1.54, 1.807) is 0 Å². The van der Waals surface area contributed by atoms with E-state index in [0.29, 0.717) is 26.4 Å². The average Bonchev–Trinajstić information content (AvgIpc) is 3.76. The molecule has 4 rings (SSSR count). The fourth-order valence-electron chi connectivity index (χ4n) is 3.19. The zero-order valence-corrected chi connectivity index (χ0v) is 20.9. The maximum absolute atomic E-state index is 5.72. The molecule has 2 heterocycles. The lowest BCUT2D eigenvalue weighted by molar-refractivity contribution is 0.0646. The highest BCUT2D eigenvalue weighted by Crippen LogP contribution is 2.33. The molecule has 4 N–H and O–H groups in total. The molecule has 2 aliphatic rings. The lowest BCUT2D eigenvalue weighted by Crippen LogP contribution is -2.28. The Hall–Kier alpha value is -2.16. The molecule has 4 unspecified atom stereocenters. The van der Waals surface area contributed by atoms with Crippen LogP contribution < -0.4 is 20.9 Å². The monoisotopic (exact) mass is 472 g/mol. The molecule has 34 heavy (non-hydrogen) atoms. The predicted molar refractivity (Wildman–Crippen MR) is 134 cm³/mol. The number of ether oxygens (including phenoxy) is 5. The van der Waals surface area contributed by atoms with Crippen molar-refractivity contribution in [2.45, 2.75) is 57.5 Å². The molecular formula is C27H40N2O5. The predicted octanol–water partition coefficient (Wildman–Crippen LogP) is 3.27. The molecule has 0 amide bonds. The van der Waals surface area contributed by atoms with Crippen molar-refractivity contribution in [2.75, 3.05) is 39.6 Å². The number of hydrogen-bond acceptors (Lipinski definition) is 7. The Balaban J connectivity index is 0.000000309. The second-order valence-corrected chi connectivity index (χ2v) is 9.56. The van der Waals surface area contributed by atoms with E-state index in [9.17, 15) is 0 Å². The summed E-state index contributed by atoms with van der Waals surface area (Å²) in [5.74, 6) is 1.78. The Labute approximate surface area is 203 Å². The number of nitrogens with two attached hydrogens (primary N) is 2. The first-order valence-electron chi connectivity index (χ1n) is 12.0. The molecule has 7 nitrogen and oxygen atoms in total. The van der Waals surface area contributed by atoms with E-state index in [1.165, 1.54) is 11.1 Å². The minimum Gasteiger partial charge on any atom is -0.491 e. The Morgan fingerprint density at radius 2 is 1.26 bits per heavy atom. The van der Waals surface area contributed by atoms with Gasteiger partial charge in [0.05, 0.1) is 25.9 Å². The van der Waals surface area contributed by atoms with Gasteiger partial charge in [0.1, 0.15) is 36.9 Å². The van der Waals surface area contributed by atoms with Crippen LogP contribution in [0.2, 0.25) is 0 Å². The molecule has 2 aromatic rings.